The fourth-order valence-corrected chi connectivity index (χ4v) is 2.82. The molecule has 2 atom stereocenters. The van der Waals surface area contributed by atoms with Crippen molar-refractivity contribution in [1.29, 1.82) is 0 Å². The molecule has 6 heteroatoms. The zero-order valence-electron chi connectivity index (χ0n) is 10.6. The summed E-state index contributed by atoms with van der Waals surface area (Å²) in [6.45, 7) is 0.584. The average Bonchev–Trinajstić information content (AvgIpc) is 3.06. The molecule has 1 aromatic carbocycles. The van der Waals surface area contributed by atoms with Crippen LogP contribution in [0.1, 0.15) is 19.3 Å². The van der Waals surface area contributed by atoms with E-state index < -0.39 is 0 Å². The molecule has 1 aromatic heterocycles. The van der Waals surface area contributed by atoms with Gasteiger partial charge in [0, 0.05) is 11.6 Å². The predicted molar refractivity (Wildman–Crippen MR) is 72.4 cm³/mol. The fourth-order valence-electron chi connectivity index (χ4n) is 2.82. The molecule has 4 N–H and O–H groups in total. The summed E-state index contributed by atoms with van der Waals surface area (Å²) in [5, 5.41) is 13.5. The molecule has 0 saturated heterocycles. The molecule has 0 bridgehead atoms. The van der Waals surface area contributed by atoms with Crippen LogP contribution in [-0.4, -0.2) is 27.9 Å². The lowest BCUT2D eigenvalue weighted by Crippen LogP contribution is -2.29. The average molecular weight is 259 g/mol. The van der Waals surface area contributed by atoms with E-state index in [0.29, 0.717) is 12.5 Å². The molecule has 1 aliphatic rings. The summed E-state index contributed by atoms with van der Waals surface area (Å²) in [5.74, 6) is 0.421. The molecule has 0 radical (unpaired) electrons. The Balaban J connectivity index is 1.74. The quantitative estimate of drug-likeness (QED) is 0.773. The largest absolute Gasteiger partial charge is 0.330 e. The first-order chi connectivity index (χ1) is 9.28. The van der Waals surface area contributed by atoms with Gasteiger partial charge in [0.05, 0.1) is 0 Å². The van der Waals surface area contributed by atoms with Crippen LogP contribution in [0.5, 0.6) is 0 Å². The maximum Gasteiger partial charge on any atom is 0.227 e. The number of benzene rings is 1. The summed E-state index contributed by atoms with van der Waals surface area (Å²) in [5.41, 5.74) is 8.01. The Hall–Kier alpha value is -1.95. The van der Waals surface area contributed by atoms with Gasteiger partial charge < -0.3 is 11.1 Å². The molecular formula is C13H17N5O. The third kappa shape index (κ3) is 2.31. The molecule has 1 amide bonds. The first-order valence-electron chi connectivity index (χ1n) is 6.59. The zero-order chi connectivity index (χ0) is 13.2. The second kappa shape index (κ2) is 4.97. The van der Waals surface area contributed by atoms with Gasteiger partial charge in [0.25, 0.3) is 0 Å². The number of fused-ring (bicyclic) bond motifs is 1. The van der Waals surface area contributed by atoms with Gasteiger partial charge in [0.2, 0.25) is 5.91 Å². The van der Waals surface area contributed by atoms with Gasteiger partial charge in [-0.1, -0.05) is 6.42 Å². The number of carbonyl (C=O) groups is 1. The predicted octanol–water partition coefficient (Wildman–Crippen LogP) is 1.27. The van der Waals surface area contributed by atoms with Gasteiger partial charge in [0.1, 0.15) is 11.0 Å². The number of rotatable bonds is 3. The third-order valence-electron chi connectivity index (χ3n) is 3.88. The highest BCUT2D eigenvalue weighted by Gasteiger charge is 2.31. The number of carbonyl (C=O) groups excluding carboxylic acids is 1. The van der Waals surface area contributed by atoms with Gasteiger partial charge in [-0.05, 0) is 43.5 Å². The maximum atomic E-state index is 12.2. The highest BCUT2D eigenvalue weighted by molar-refractivity contribution is 5.94. The molecule has 6 nitrogen and oxygen atoms in total. The van der Waals surface area contributed by atoms with Crippen molar-refractivity contribution in [3.8, 4) is 0 Å². The summed E-state index contributed by atoms with van der Waals surface area (Å²) in [6.07, 6.45) is 3.07. The molecular weight excluding hydrogens is 242 g/mol. The van der Waals surface area contributed by atoms with E-state index in [1.807, 2.05) is 18.2 Å². The second-order valence-corrected chi connectivity index (χ2v) is 5.05. The first kappa shape index (κ1) is 12.1. The molecule has 0 unspecified atom stereocenters. The number of nitrogens with zero attached hydrogens (tertiary/aromatic N) is 2. The van der Waals surface area contributed by atoms with Gasteiger partial charge in [0.15, 0.2) is 0 Å². The van der Waals surface area contributed by atoms with Crippen LogP contribution < -0.4 is 11.1 Å². The van der Waals surface area contributed by atoms with Crippen LogP contribution in [0.2, 0.25) is 0 Å². The van der Waals surface area contributed by atoms with Crippen molar-refractivity contribution in [2.45, 2.75) is 19.3 Å². The summed E-state index contributed by atoms with van der Waals surface area (Å²) < 4.78 is 0. The minimum absolute atomic E-state index is 0.0398. The van der Waals surface area contributed by atoms with Crippen LogP contribution in [0.15, 0.2) is 18.2 Å². The zero-order valence-corrected chi connectivity index (χ0v) is 10.6. The van der Waals surface area contributed by atoms with Crippen LogP contribution >= 0.6 is 0 Å². The smallest absolute Gasteiger partial charge is 0.227 e. The van der Waals surface area contributed by atoms with Crippen molar-refractivity contribution in [3.63, 3.8) is 0 Å². The molecule has 3 rings (SSSR count). The van der Waals surface area contributed by atoms with Gasteiger partial charge in [-0.15, -0.1) is 0 Å². The van der Waals surface area contributed by atoms with Crippen molar-refractivity contribution in [1.82, 2.24) is 15.4 Å². The van der Waals surface area contributed by atoms with Crippen molar-refractivity contribution in [3.05, 3.63) is 18.2 Å². The topological polar surface area (TPSA) is 96.7 Å². The number of nitrogens with two attached hydrogens (primary N) is 1. The van der Waals surface area contributed by atoms with Gasteiger partial charge in [-0.2, -0.15) is 15.4 Å². The molecule has 2 aromatic rings. The number of amides is 1. The molecule has 0 spiro atoms. The van der Waals surface area contributed by atoms with Crippen LogP contribution in [0.3, 0.4) is 0 Å². The van der Waals surface area contributed by atoms with E-state index in [1.54, 1.807) is 0 Å². The van der Waals surface area contributed by atoms with E-state index in [2.05, 4.69) is 20.7 Å². The molecule has 0 aliphatic heterocycles. The van der Waals surface area contributed by atoms with Crippen LogP contribution in [-0.2, 0) is 4.79 Å². The summed E-state index contributed by atoms with van der Waals surface area (Å²) in [4.78, 5) is 12.2. The second-order valence-electron chi connectivity index (χ2n) is 5.05. The van der Waals surface area contributed by atoms with E-state index in [4.69, 9.17) is 5.73 Å². The third-order valence-corrected chi connectivity index (χ3v) is 3.88. The Labute approximate surface area is 110 Å². The number of anilines is 1. The first-order valence-corrected chi connectivity index (χ1v) is 6.59. The van der Waals surface area contributed by atoms with E-state index in [1.165, 1.54) is 0 Å². The fraction of sp³-hybridized carbons (Fsp3) is 0.462. The SMILES string of the molecule is NC[C@H]1CCC[C@H]1C(=O)Nc1ccc2n[nH]nc2c1. The molecule has 1 fully saturated rings. The Morgan fingerprint density at radius 3 is 3.05 bits per heavy atom. The highest BCUT2D eigenvalue weighted by Crippen LogP contribution is 2.32. The van der Waals surface area contributed by atoms with E-state index in [9.17, 15) is 4.79 Å². The summed E-state index contributed by atoms with van der Waals surface area (Å²) in [6, 6.07) is 5.50. The van der Waals surface area contributed by atoms with Gasteiger partial charge in [-0.3, -0.25) is 4.79 Å². The molecule has 1 heterocycles. The van der Waals surface area contributed by atoms with E-state index in [-0.39, 0.29) is 11.8 Å². The highest BCUT2D eigenvalue weighted by atomic mass is 16.1. The Morgan fingerprint density at radius 1 is 1.37 bits per heavy atom. The summed E-state index contributed by atoms with van der Waals surface area (Å²) >= 11 is 0. The van der Waals surface area contributed by atoms with Crippen molar-refractivity contribution >= 4 is 22.6 Å². The molecule has 100 valence electrons. The molecule has 19 heavy (non-hydrogen) atoms. The Morgan fingerprint density at radius 2 is 2.21 bits per heavy atom. The lowest BCUT2D eigenvalue weighted by molar-refractivity contribution is -0.120. The van der Waals surface area contributed by atoms with Gasteiger partial charge >= 0.3 is 0 Å². The lowest BCUT2D eigenvalue weighted by atomic mass is 9.95. The minimum Gasteiger partial charge on any atom is -0.330 e. The maximum absolute atomic E-state index is 12.2. The van der Waals surface area contributed by atoms with Crippen LogP contribution in [0.25, 0.3) is 11.0 Å². The number of aromatic amines is 1. The standard InChI is InChI=1S/C13H17N5O/c14-7-8-2-1-3-10(8)13(19)15-9-4-5-11-12(6-9)17-18-16-11/h4-6,8,10H,1-3,7,14H2,(H,15,19)(H,16,17,18)/t8-,10-/m1/s1. The molecule has 1 saturated carbocycles. The number of nitrogens with one attached hydrogen (secondary N) is 2. The number of H-pyrrole nitrogens is 1. The number of hydrogen-bond donors (Lipinski definition) is 3. The van der Waals surface area contributed by atoms with Crippen molar-refractivity contribution < 1.29 is 4.79 Å². The minimum atomic E-state index is 0.0398. The number of aromatic nitrogens is 3. The normalized spacial score (nSPS) is 22.8. The van der Waals surface area contributed by atoms with Crippen molar-refractivity contribution in [2.75, 3.05) is 11.9 Å². The van der Waals surface area contributed by atoms with Crippen LogP contribution in [0, 0.1) is 11.8 Å². The van der Waals surface area contributed by atoms with E-state index in [0.717, 1.165) is 36.0 Å². The van der Waals surface area contributed by atoms with Crippen LogP contribution in [0.4, 0.5) is 5.69 Å². The lowest BCUT2D eigenvalue weighted by Gasteiger charge is -2.17. The Bertz CT molecular complexity index is 593. The van der Waals surface area contributed by atoms with Gasteiger partial charge in [-0.25, -0.2) is 0 Å². The monoisotopic (exact) mass is 259 g/mol. The van der Waals surface area contributed by atoms with Crippen molar-refractivity contribution in [2.24, 2.45) is 17.6 Å². The molecule has 1 aliphatic carbocycles. The van der Waals surface area contributed by atoms with E-state index >= 15 is 0 Å². The Kier molecular flexibility index (Phi) is 3.16. The number of hydrogen-bond acceptors (Lipinski definition) is 4. The summed E-state index contributed by atoms with van der Waals surface area (Å²) in [7, 11) is 0.